The molecule has 5 rings (SSSR count). The van der Waals surface area contributed by atoms with Gasteiger partial charge in [0.1, 0.15) is 11.6 Å². The van der Waals surface area contributed by atoms with E-state index >= 15 is 0 Å². The lowest BCUT2D eigenvalue weighted by Gasteiger charge is -2.18. The Morgan fingerprint density at radius 2 is 1.91 bits per heavy atom. The van der Waals surface area contributed by atoms with Gasteiger partial charge in [-0.2, -0.15) is 0 Å². The van der Waals surface area contributed by atoms with Crippen molar-refractivity contribution in [3.63, 3.8) is 0 Å². The highest BCUT2D eigenvalue weighted by molar-refractivity contribution is 6.31. The van der Waals surface area contributed by atoms with E-state index in [-0.39, 0.29) is 11.8 Å². The summed E-state index contributed by atoms with van der Waals surface area (Å²) in [7, 11) is 0. The predicted molar refractivity (Wildman–Crippen MR) is 137 cm³/mol. The number of para-hydroxylation sites is 2. The number of fused-ring (bicyclic) bond motifs is 1. The van der Waals surface area contributed by atoms with Crippen LogP contribution in [0.3, 0.4) is 0 Å². The Labute approximate surface area is 204 Å². The standard InChI is InChI=1S/C28H28ClN3O2/c1-19-7-5-8-22(15-19)32-18-21(17-27(32)33)28-30-25-9-3-4-10-26(25)31(28)13-6-14-34-23-11-12-24(29)20(2)16-23/h3-5,7-12,15-16,21H,6,13-14,17-18H2,1-2H3. The van der Waals surface area contributed by atoms with Crippen LogP contribution in [0.4, 0.5) is 5.69 Å². The molecule has 0 saturated carbocycles. The molecule has 0 bridgehead atoms. The quantitative estimate of drug-likeness (QED) is 0.296. The third-order valence-corrected chi connectivity index (χ3v) is 6.84. The Kier molecular flexibility index (Phi) is 6.29. The number of aromatic nitrogens is 2. The Balaban J connectivity index is 1.34. The molecule has 0 radical (unpaired) electrons. The number of aryl methyl sites for hydroxylation is 3. The minimum atomic E-state index is 0.0558. The first kappa shape index (κ1) is 22.5. The van der Waals surface area contributed by atoms with Crippen LogP contribution in [-0.4, -0.2) is 28.6 Å². The van der Waals surface area contributed by atoms with Crippen molar-refractivity contribution < 1.29 is 9.53 Å². The number of anilines is 1. The molecule has 3 aromatic carbocycles. The highest BCUT2D eigenvalue weighted by Gasteiger charge is 2.34. The van der Waals surface area contributed by atoms with Gasteiger partial charge in [0.05, 0.1) is 17.6 Å². The molecule has 1 saturated heterocycles. The zero-order valence-corrected chi connectivity index (χ0v) is 20.3. The number of nitrogens with zero attached hydrogens (tertiary/aromatic N) is 3. The van der Waals surface area contributed by atoms with E-state index in [2.05, 4.69) is 16.7 Å². The molecule has 1 fully saturated rings. The Hall–Kier alpha value is -3.31. The van der Waals surface area contributed by atoms with E-state index in [9.17, 15) is 4.79 Å². The topological polar surface area (TPSA) is 47.4 Å². The minimum Gasteiger partial charge on any atom is -0.494 e. The molecule has 0 N–H and O–H groups in total. The minimum absolute atomic E-state index is 0.0558. The van der Waals surface area contributed by atoms with Gasteiger partial charge in [-0.15, -0.1) is 0 Å². The van der Waals surface area contributed by atoms with Crippen molar-refractivity contribution in [2.45, 2.75) is 39.2 Å². The van der Waals surface area contributed by atoms with Crippen LogP contribution in [-0.2, 0) is 11.3 Å². The van der Waals surface area contributed by atoms with Gasteiger partial charge in [-0.05, 0) is 73.9 Å². The number of carbonyl (C=O) groups excluding carboxylic acids is 1. The van der Waals surface area contributed by atoms with Gasteiger partial charge in [-0.3, -0.25) is 4.79 Å². The summed E-state index contributed by atoms with van der Waals surface area (Å²) in [6.45, 7) is 6.03. The smallest absolute Gasteiger partial charge is 0.227 e. The van der Waals surface area contributed by atoms with Crippen LogP contribution in [0.25, 0.3) is 11.0 Å². The van der Waals surface area contributed by atoms with Crippen molar-refractivity contribution in [1.82, 2.24) is 9.55 Å². The highest BCUT2D eigenvalue weighted by atomic mass is 35.5. The first-order valence-electron chi connectivity index (χ1n) is 11.7. The molecule has 4 aromatic rings. The lowest BCUT2D eigenvalue weighted by molar-refractivity contribution is -0.117. The molecule has 6 heteroatoms. The third kappa shape index (κ3) is 4.53. The first-order chi connectivity index (χ1) is 16.5. The van der Waals surface area contributed by atoms with Gasteiger partial charge in [0.25, 0.3) is 0 Å². The van der Waals surface area contributed by atoms with E-state index in [1.165, 1.54) is 0 Å². The van der Waals surface area contributed by atoms with E-state index in [1.54, 1.807) is 0 Å². The van der Waals surface area contributed by atoms with Crippen molar-refractivity contribution in [2.24, 2.45) is 0 Å². The van der Waals surface area contributed by atoms with Crippen LogP contribution in [0, 0.1) is 13.8 Å². The summed E-state index contributed by atoms with van der Waals surface area (Å²) in [5, 5.41) is 0.743. The number of hydrogen-bond donors (Lipinski definition) is 0. The summed E-state index contributed by atoms with van der Waals surface area (Å²) in [5.41, 5.74) is 5.18. The van der Waals surface area contributed by atoms with Crippen molar-refractivity contribution in [3.8, 4) is 5.75 Å². The van der Waals surface area contributed by atoms with E-state index in [0.717, 1.165) is 57.4 Å². The average Bonchev–Trinajstić information content (AvgIpc) is 3.39. The van der Waals surface area contributed by atoms with Crippen LogP contribution >= 0.6 is 11.6 Å². The van der Waals surface area contributed by atoms with Gasteiger partial charge in [-0.1, -0.05) is 35.9 Å². The number of rotatable bonds is 7. The maximum Gasteiger partial charge on any atom is 0.227 e. The van der Waals surface area contributed by atoms with E-state index in [0.29, 0.717) is 19.6 Å². The molecule has 1 atom stereocenters. The lowest BCUT2D eigenvalue weighted by atomic mass is 10.1. The van der Waals surface area contributed by atoms with Gasteiger partial charge in [-0.25, -0.2) is 4.98 Å². The molecule has 0 spiro atoms. The van der Waals surface area contributed by atoms with E-state index < -0.39 is 0 Å². The number of hydrogen-bond acceptors (Lipinski definition) is 3. The molecule has 1 aliphatic heterocycles. The molecule has 1 unspecified atom stereocenters. The van der Waals surface area contributed by atoms with Crippen LogP contribution < -0.4 is 9.64 Å². The molecule has 1 amide bonds. The number of amides is 1. The second-order valence-electron chi connectivity index (χ2n) is 8.97. The molecule has 2 heterocycles. The molecule has 5 nitrogen and oxygen atoms in total. The summed E-state index contributed by atoms with van der Waals surface area (Å²) in [6, 6.07) is 22.0. The summed E-state index contributed by atoms with van der Waals surface area (Å²) in [5.74, 6) is 2.01. The van der Waals surface area contributed by atoms with Crippen molar-refractivity contribution in [2.75, 3.05) is 18.1 Å². The van der Waals surface area contributed by atoms with Gasteiger partial charge in [0, 0.05) is 36.1 Å². The fourth-order valence-electron chi connectivity index (χ4n) is 4.69. The molecule has 1 aliphatic rings. The van der Waals surface area contributed by atoms with Gasteiger partial charge in [0.2, 0.25) is 5.91 Å². The number of ether oxygens (including phenoxy) is 1. The maximum atomic E-state index is 12.9. The second-order valence-corrected chi connectivity index (χ2v) is 9.37. The van der Waals surface area contributed by atoms with Crippen molar-refractivity contribution in [3.05, 3.63) is 88.7 Å². The SMILES string of the molecule is Cc1cccc(N2CC(c3nc4ccccc4n3CCCOc3ccc(Cl)c(C)c3)CC2=O)c1. The zero-order chi connectivity index (χ0) is 23.7. The summed E-state index contributed by atoms with van der Waals surface area (Å²) in [6.07, 6.45) is 1.30. The van der Waals surface area contributed by atoms with Crippen LogP contribution in [0.2, 0.25) is 5.02 Å². The Bertz CT molecular complexity index is 1350. The van der Waals surface area contributed by atoms with Gasteiger partial charge in [0.15, 0.2) is 0 Å². The summed E-state index contributed by atoms with van der Waals surface area (Å²) in [4.78, 5) is 19.8. The number of carbonyl (C=O) groups is 1. The van der Waals surface area contributed by atoms with E-state index in [1.807, 2.05) is 73.3 Å². The highest BCUT2D eigenvalue weighted by Crippen LogP contribution is 2.33. The van der Waals surface area contributed by atoms with E-state index in [4.69, 9.17) is 21.3 Å². The van der Waals surface area contributed by atoms with Crippen LogP contribution in [0.1, 0.15) is 35.7 Å². The molecule has 174 valence electrons. The molecular weight excluding hydrogens is 446 g/mol. The summed E-state index contributed by atoms with van der Waals surface area (Å²) >= 11 is 6.12. The first-order valence-corrected chi connectivity index (χ1v) is 12.1. The van der Waals surface area contributed by atoms with Gasteiger partial charge < -0.3 is 14.2 Å². The lowest BCUT2D eigenvalue weighted by Crippen LogP contribution is -2.24. The molecule has 0 aliphatic carbocycles. The second kappa shape index (κ2) is 9.51. The average molecular weight is 474 g/mol. The number of halogens is 1. The summed E-state index contributed by atoms with van der Waals surface area (Å²) < 4.78 is 8.23. The number of benzene rings is 3. The zero-order valence-electron chi connectivity index (χ0n) is 19.5. The number of imidazole rings is 1. The van der Waals surface area contributed by atoms with Crippen LogP contribution in [0.5, 0.6) is 5.75 Å². The fraction of sp³-hybridized carbons (Fsp3) is 0.286. The van der Waals surface area contributed by atoms with Crippen LogP contribution in [0.15, 0.2) is 66.7 Å². The van der Waals surface area contributed by atoms with Gasteiger partial charge >= 0.3 is 0 Å². The van der Waals surface area contributed by atoms with Crippen molar-refractivity contribution in [1.29, 1.82) is 0 Å². The Morgan fingerprint density at radius 1 is 1.06 bits per heavy atom. The molecule has 34 heavy (non-hydrogen) atoms. The molecular formula is C28H28ClN3O2. The largest absolute Gasteiger partial charge is 0.494 e. The fourth-order valence-corrected chi connectivity index (χ4v) is 4.80. The maximum absolute atomic E-state index is 12.9. The normalized spacial score (nSPS) is 15.9. The van der Waals surface area contributed by atoms with Crippen molar-refractivity contribution >= 4 is 34.2 Å². The predicted octanol–water partition coefficient (Wildman–Crippen LogP) is 6.30. The Morgan fingerprint density at radius 3 is 2.74 bits per heavy atom. The third-order valence-electron chi connectivity index (χ3n) is 6.41. The molecule has 1 aromatic heterocycles. The monoisotopic (exact) mass is 473 g/mol.